The lowest BCUT2D eigenvalue weighted by Gasteiger charge is -2.14. The Labute approximate surface area is 117 Å². The number of carboxylic acid groups (broad SMARTS) is 1. The Bertz CT molecular complexity index is 639. The number of methoxy groups -OCH3 is 1. The van der Waals surface area contributed by atoms with E-state index >= 15 is 0 Å². The van der Waals surface area contributed by atoms with Crippen molar-refractivity contribution >= 4 is 5.97 Å². The molecule has 2 rings (SSSR count). The summed E-state index contributed by atoms with van der Waals surface area (Å²) in [5, 5.41) is 9.07. The minimum atomic E-state index is -1.01. The summed E-state index contributed by atoms with van der Waals surface area (Å²) < 4.78 is 6.98. The van der Waals surface area contributed by atoms with E-state index in [1.165, 1.54) is 13.2 Å². The first kappa shape index (κ1) is 14.1. The number of aromatic carboxylic acids is 1. The Kier molecular flexibility index (Phi) is 3.53. The summed E-state index contributed by atoms with van der Waals surface area (Å²) in [6.45, 7) is 6.27. The maximum absolute atomic E-state index is 11.1. The molecule has 106 valence electrons. The van der Waals surface area contributed by atoms with Gasteiger partial charge in [0, 0.05) is 17.7 Å². The topological polar surface area (TPSA) is 64.4 Å². The molecule has 0 fully saturated rings. The van der Waals surface area contributed by atoms with Crippen LogP contribution in [-0.4, -0.2) is 27.7 Å². The van der Waals surface area contributed by atoms with E-state index in [0.717, 1.165) is 11.4 Å². The van der Waals surface area contributed by atoms with Crippen LogP contribution in [0.4, 0.5) is 0 Å². The van der Waals surface area contributed by atoms with Crippen molar-refractivity contribution in [3.05, 3.63) is 42.0 Å². The lowest BCUT2D eigenvalue weighted by molar-refractivity contribution is 0.0693. The predicted molar refractivity (Wildman–Crippen MR) is 75.8 cm³/mol. The highest BCUT2D eigenvalue weighted by Crippen LogP contribution is 2.25. The van der Waals surface area contributed by atoms with Crippen LogP contribution in [0.5, 0.6) is 5.75 Å². The van der Waals surface area contributed by atoms with Gasteiger partial charge in [-0.15, -0.1) is 0 Å². The first-order valence-corrected chi connectivity index (χ1v) is 6.29. The normalized spacial score (nSPS) is 11.4. The number of imidazole rings is 1. The minimum absolute atomic E-state index is 0.0314. The molecule has 0 aliphatic heterocycles. The SMILES string of the molecule is COc1cc(-n2cnc(C(C)(C)C)c2)ccc1C(=O)O. The smallest absolute Gasteiger partial charge is 0.339 e. The van der Waals surface area contributed by atoms with Crippen molar-refractivity contribution in [2.45, 2.75) is 26.2 Å². The van der Waals surface area contributed by atoms with Crippen LogP contribution >= 0.6 is 0 Å². The Hall–Kier alpha value is -2.30. The van der Waals surface area contributed by atoms with Gasteiger partial charge in [0.15, 0.2) is 0 Å². The van der Waals surface area contributed by atoms with E-state index in [-0.39, 0.29) is 11.0 Å². The van der Waals surface area contributed by atoms with Crippen molar-refractivity contribution in [3.8, 4) is 11.4 Å². The number of aromatic nitrogens is 2. The molecule has 0 spiro atoms. The fraction of sp³-hybridized carbons (Fsp3) is 0.333. The quantitative estimate of drug-likeness (QED) is 0.934. The number of rotatable bonds is 3. The maximum atomic E-state index is 11.1. The standard InChI is InChI=1S/C15H18N2O3/c1-15(2,3)13-8-17(9-16-13)10-5-6-11(14(18)19)12(7-10)20-4/h5-9H,1-4H3,(H,18,19). The zero-order valence-corrected chi connectivity index (χ0v) is 12.0. The van der Waals surface area contributed by atoms with Crippen LogP contribution < -0.4 is 4.74 Å². The van der Waals surface area contributed by atoms with E-state index < -0.39 is 5.97 Å². The first-order chi connectivity index (χ1) is 9.32. The van der Waals surface area contributed by atoms with E-state index in [9.17, 15) is 4.79 Å². The molecule has 2 aromatic rings. The van der Waals surface area contributed by atoms with Gasteiger partial charge in [0.25, 0.3) is 0 Å². The summed E-state index contributed by atoms with van der Waals surface area (Å²) in [7, 11) is 1.46. The molecule has 1 N–H and O–H groups in total. The second-order valence-corrected chi connectivity index (χ2v) is 5.61. The average Bonchev–Trinajstić information content (AvgIpc) is 2.87. The maximum Gasteiger partial charge on any atom is 0.339 e. The molecule has 0 atom stereocenters. The molecule has 5 heteroatoms. The number of nitrogens with zero attached hydrogens (tertiary/aromatic N) is 2. The van der Waals surface area contributed by atoms with E-state index in [0.29, 0.717) is 5.75 Å². The van der Waals surface area contributed by atoms with Gasteiger partial charge in [0.1, 0.15) is 11.3 Å². The second kappa shape index (κ2) is 5.00. The van der Waals surface area contributed by atoms with Crippen molar-refractivity contribution in [3.63, 3.8) is 0 Å². The number of benzene rings is 1. The van der Waals surface area contributed by atoms with Crippen LogP contribution in [0, 0.1) is 0 Å². The van der Waals surface area contributed by atoms with Crippen molar-refractivity contribution in [1.82, 2.24) is 9.55 Å². The summed E-state index contributed by atoms with van der Waals surface area (Å²) in [5.41, 5.74) is 1.90. The Morgan fingerprint density at radius 3 is 2.55 bits per heavy atom. The minimum Gasteiger partial charge on any atom is -0.496 e. The van der Waals surface area contributed by atoms with E-state index in [4.69, 9.17) is 9.84 Å². The molecule has 0 bridgehead atoms. The van der Waals surface area contributed by atoms with Gasteiger partial charge >= 0.3 is 5.97 Å². The average molecular weight is 274 g/mol. The molecule has 20 heavy (non-hydrogen) atoms. The molecule has 0 unspecified atom stereocenters. The van der Waals surface area contributed by atoms with Crippen LogP contribution in [0.3, 0.4) is 0 Å². The van der Waals surface area contributed by atoms with Crippen molar-refractivity contribution in [1.29, 1.82) is 0 Å². The molecule has 0 saturated carbocycles. The predicted octanol–water partition coefficient (Wildman–Crippen LogP) is 2.88. The zero-order valence-electron chi connectivity index (χ0n) is 12.0. The van der Waals surface area contributed by atoms with Crippen LogP contribution in [-0.2, 0) is 5.41 Å². The molecule has 0 aliphatic carbocycles. The number of carbonyl (C=O) groups is 1. The molecule has 0 amide bonds. The monoisotopic (exact) mass is 274 g/mol. The van der Waals surface area contributed by atoms with Gasteiger partial charge < -0.3 is 14.4 Å². The fourth-order valence-electron chi connectivity index (χ4n) is 1.87. The molecule has 1 aromatic carbocycles. The second-order valence-electron chi connectivity index (χ2n) is 5.61. The molecule has 0 radical (unpaired) electrons. The van der Waals surface area contributed by atoms with Gasteiger partial charge in [-0.25, -0.2) is 9.78 Å². The number of ether oxygens (including phenoxy) is 1. The van der Waals surface area contributed by atoms with Gasteiger partial charge in [-0.3, -0.25) is 0 Å². The third kappa shape index (κ3) is 2.66. The zero-order chi connectivity index (χ0) is 14.9. The van der Waals surface area contributed by atoms with Crippen LogP contribution in [0.2, 0.25) is 0 Å². The molecule has 1 heterocycles. The largest absolute Gasteiger partial charge is 0.496 e. The van der Waals surface area contributed by atoms with Gasteiger partial charge in [0.2, 0.25) is 0 Å². The highest BCUT2D eigenvalue weighted by Gasteiger charge is 2.17. The molecule has 1 aromatic heterocycles. The van der Waals surface area contributed by atoms with Crippen LogP contribution in [0.1, 0.15) is 36.8 Å². The van der Waals surface area contributed by atoms with Crippen molar-refractivity contribution < 1.29 is 14.6 Å². The highest BCUT2D eigenvalue weighted by molar-refractivity contribution is 5.91. The lowest BCUT2D eigenvalue weighted by Crippen LogP contribution is -2.11. The Morgan fingerprint density at radius 1 is 1.35 bits per heavy atom. The number of hydrogen-bond acceptors (Lipinski definition) is 3. The van der Waals surface area contributed by atoms with Gasteiger partial charge in [0.05, 0.1) is 24.8 Å². The van der Waals surface area contributed by atoms with Crippen molar-refractivity contribution in [2.75, 3.05) is 7.11 Å². The van der Waals surface area contributed by atoms with Crippen molar-refractivity contribution in [2.24, 2.45) is 0 Å². The summed E-state index contributed by atoms with van der Waals surface area (Å²) in [5.74, 6) is -0.671. The van der Waals surface area contributed by atoms with Crippen LogP contribution in [0.15, 0.2) is 30.7 Å². The molecule has 5 nitrogen and oxygen atoms in total. The van der Waals surface area contributed by atoms with Gasteiger partial charge in [-0.05, 0) is 12.1 Å². The Balaban J connectivity index is 2.43. The third-order valence-corrected chi connectivity index (χ3v) is 3.06. The Morgan fingerprint density at radius 2 is 2.05 bits per heavy atom. The molecular formula is C15H18N2O3. The summed E-state index contributed by atoms with van der Waals surface area (Å²) in [6.07, 6.45) is 3.66. The highest BCUT2D eigenvalue weighted by atomic mass is 16.5. The summed E-state index contributed by atoms with van der Waals surface area (Å²) in [6, 6.07) is 4.96. The number of carboxylic acids is 1. The number of hydrogen-bond donors (Lipinski definition) is 1. The lowest BCUT2D eigenvalue weighted by atomic mass is 9.93. The van der Waals surface area contributed by atoms with Gasteiger partial charge in [-0.2, -0.15) is 0 Å². The molecule has 0 saturated heterocycles. The van der Waals surface area contributed by atoms with E-state index in [1.54, 1.807) is 18.5 Å². The summed E-state index contributed by atoms with van der Waals surface area (Å²) >= 11 is 0. The third-order valence-electron chi connectivity index (χ3n) is 3.06. The first-order valence-electron chi connectivity index (χ1n) is 6.29. The molecule has 0 aliphatic rings. The fourth-order valence-corrected chi connectivity index (χ4v) is 1.87. The van der Waals surface area contributed by atoms with Gasteiger partial charge in [-0.1, -0.05) is 20.8 Å². The van der Waals surface area contributed by atoms with E-state index in [1.807, 2.05) is 10.8 Å². The summed E-state index contributed by atoms with van der Waals surface area (Å²) in [4.78, 5) is 15.4. The van der Waals surface area contributed by atoms with Crippen LogP contribution in [0.25, 0.3) is 5.69 Å². The van der Waals surface area contributed by atoms with E-state index in [2.05, 4.69) is 25.8 Å². The molecular weight excluding hydrogens is 256 g/mol.